The van der Waals surface area contributed by atoms with E-state index in [4.69, 9.17) is 28.9 Å². The first-order valence-corrected chi connectivity index (χ1v) is 9.47. The zero-order valence-corrected chi connectivity index (χ0v) is 17.2. The highest BCUT2D eigenvalue weighted by atomic mass is 35.5. The van der Waals surface area contributed by atoms with Crippen molar-refractivity contribution in [2.75, 3.05) is 0 Å². The Morgan fingerprint density at radius 1 is 1.29 bits per heavy atom. The number of carbonyl (C=O) groups excluding carboxylic acids is 1. The number of benzene rings is 1. The lowest BCUT2D eigenvalue weighted by Crippen LogP contribution is -2.46. The molecule has 2 N–H and O–H groups in total. The average molecular weight is 482 g/mol. The maximum atomic E-state index is 14.6. The van der Waals surface area contributed by atoms with Crippen LogP contribution in [0.5, 0.6) is 0 Å². The third-order valence-electron chi connectivity index (χ3n) is 4.67. The van der Waals surface area contributed by atoms with Gasteiger partial charge in [-0.25, -0.2) is 18.8 Å². The number of hydrogen-bond donors (Lipinski definition) is 1. The molecular formula is C19H14Cl2F5N3O2. The Labute approximate surface area is 183 Å². The van der Waals surface area contributed by atoms with Crippen molar-refractivity contribution in [2.45, 2.75) is 37.6 Å². The SMILES string of the molecule is C[C@@]1(c2cc(CC(=O)c3ncc(Cl)cc3Cl)cc(F)c2F)C[C@@H](C(F)(F)F)OC(N)=N1. The van der Waals surface area contributed by atoms with Crippen molar-refractivity contribution in [1.82, 2.24) is 4.98 Å². The molecular weight excluding hydrogens is 468 g/mol. The number of aliphatic imine (C=N–C) groups is 1. The second-order valence-corrected chi connectivity index (χ2v) is 7.94. The lowest BCUT2D eigenvalue weighted by atomic mass is 9.84. The van der Waals surface area contributed by atoms with E-state index >= 15 is 0 Å². The van der Waals surface area contributed by atoms with Gasteiger partial charge in [0.2, 0.25) is 0 Å². The molecule has 0 spiro atoms. The molecule has 0 radical (unpaired) electrons. The highest BCUT2D eigenvalue weighted by Crippen LogP contribution is 2.41. The first kappa shape index (κ1) is 23.2. The van der Waals surface area contributed by atoms with Gasteiger partial charge in [-0.15, -0.1) is 0 Å². The van der Waals surface area contributed by atoms with E-state index in [1.54, 1.807) is 0 Å². The van der Waals surface area contributed by atoms with Crippen LogP contribution in [0.1, 0.15) is 35.0 Å². The van der Waals surface area contributed by atoms with Gasteiger partial charge in [0.15, 0.2) is 23.5 Å². The van der Waals surface area contributed by atoms with E-state index in [1.165, 1.54) is 19.2 Å². The molecule has 0 bridgehead atoms. The number of alkyl halides is 3. The zero-order chi connectivity index (χ0) is 23.1. The molecule has 0 unspecified atom stereocenters. The van der Waals surface area contributed by atoms with E-state index in [-0.39, 0.29) is 21.3 Å². The minimum Gasteiger partial charge on any atom is -0.452 e. The number of nitrogens with zero attached hydrogens (tertiary/aromatic N) is 2. The van der Waals surface area contributed by atoms with Gasteiger partial charge in [0.25, 0.3) is 6.02 Å². The fourth-order valence-corrected chi connectivity index (χ4v) is 3.73. The van der Waals surface area contributed by atoms with Crippen molar-refractivity contribution in [3.8, 4) is 0 Å². The highest BCUT2D eigenvalue weighted by Gasteiger charge is 2.50. The summed E-state index contributed by atoms with van der Waals surface area (Å²) in [6.45, 7) is 1.17. The quantitative estimate of drug-likeness (QED) is 0.493. The number of carbonyl (C=O) groups is 1. The molecule has 0 fully saturated rings. The van der Waals surface area contributed by atoms with Crippen LogP contribution < -0.4 is 5.73 Å². The number of ketones is 1. The Bertz CT molecular complexity index is 1080. The maximum absolute atomic E-state index is 14.6. The molecule has 2 heterocycles. The molecule has 1 aliphatic rings. The molecule has 2 atom stereocenters. The largest absolute Gasteiger partial charge is 0.452 e. The first-order chi connectivity index (χ1) is 14.3. The lowest BCUT2D eigenvalue weighted by Gasteiger charge is -2.36. The van der Waals surface area contributed by atoms with Crippen LogP contribution in [0.2, 0.25) is 10.0 Å². The van der Waals surface area contributed by atoms with Crippen LogP contribution in [0.4, 0.5) is 22.0 Å². The van der Waals surface area contributed by atoms with E-state index in [0.29, 0.717) is 0 Å². The highest BCUT2D eigenvalue weighted by molar-refractivity contribution is 6.36. The van der Waals surface area contributed by atoms with Gasteiger partial charge >= 0.3 is 6.18 Å². The molecule has 166 valence electrons. The molecule has 2 aromatic rings. The minimum atomic E-state index is -4.80. The van der Waals surface area contributed by atoms with Crippen molar-refractivity contribution in [2.24, 2.45) is 10.7 Å². The van der Waals surface area contributed by atoms with Gasteiger partial charge in [0, 0.05) is 24.6 Å². The predicted molar refractivity (Wildman–Crippen MR) is 103 cm³/mol. The second-order valence-electron chi connectivity index (χ2n) is 7.10. The number of rotatable bonds is 4. The normalized spacial score (nSPS) is 21.4. The molecule has 1 aliphatic heterocycles. The number of pyridine rings is 1. The van der Waals surface area contributed by atoms with E-state index < -0.39 is 59.7 Å². The van der Waals surface area contributed by atoms with Crippen LogP contribution in [-0.2, 0) is 16.7 Å². The van der Waals surface area contributed by atoms with Crippen LogP contribution in [-0.4, -0.2) is 29.1 Å². The molecule has 0 amide bonds. The monoisotopic (exact) mass is 481 g/mol. The molecule has 12 heteroatoms. The fraction of sp³-hybridized carbons (Fsp3) is 0.316. The molecule has 1 aromatic carbocycles. The van der Waals surface area contributed by atoms with Gasteiger partial charge < -0.3 is 10.5 Å². The van der Waals surface area contributed by atoms with Crippen LogP contribution in [0.3, 0.4) is 0 Å². The van der Waals surface area contributed by atoms with Crippen molar-refractivity contribution >= 4 is 35.0 Å². The summed E-state index contributed by atoms with van der Waals surface area (Å²) in [7, 11) is 0. The number of amidine groups is 1. The van der Waals surface area contributed by atoms with Crippen molar-refractivity contribution < 1.29 is 31.5 Å². The van der Waals surface area contributed by atoms with Gasteiger partial charge in [0.1, 0.15) is 5.69 Å². The van der Waals surface area contributed by atoms with Crippen LogP contribution in [0, 0.1) is 11.6 Å². The molecule has 5 nitrogen and oxygen atoms in total. The van der Waals surface area contributed by atoms with Gasteiger partial charge in [-0.05, 0) is 30.7 Å². The summed E-state index contributed by atoms with van der Waals surface area (Å²) in [5.74, 6) is -3.40. The van der Waals surface area contributed by atoms with Crippen LogP contribution in [0.15, 0.2) is 29.4 Å². The Hall–Kier alpha value is -2.46. The molecule has 1 aromatic heterocycles. The van der Waals surface area contributed by atoms with Gasteiger partial charge in [-0.2, -0.15) is 13.2 Å². The Balaban J connectivity index is 1.99. The third-order valence-corrected chi connectivity index (χ3v) is 5.17. The van der Waals surface area contributed by atoms with E-state index in [0.717, 1.165) is 12.1 Å². The fourth-order valence-electron chi connectivity index (χ4n) is 3.24. The van der Waals surface area contributed by atoms with E-state index in [9.17, 15) is 26.7 Å². The standard InChI is InChI=1S/C19H14Cl2F5N3O2/c1-18(6-14(19(24,25)26)31-17(27)29-18)10-2-8(3-12(22)15(10)23)4-13(30)16-11(21)5-9(20)7-28-16/h2-3,5,7,14H,4,6H2,1H3,(H2,27,29)/t14-,18-/m0/s1. The first-order valence-electron chi connectivity index (χ1n) is 8.71. The topological polar surface area (TPSA) is 77.6 Å². The van der Waals surface area contributed by atoms with Crippen LogP contribution in [0.25, 0.3) is 0 Å². The van der Waals surface area contributed by atoms with Crippen molar-refractivity contribution in [1.29, 1.82) is 0 Å². The minimum absolute atomic E-state index is 0.0169. The Morgan fingerprint density at radius 2 is 1.97 bits per heavy atom. The van der Waals surface area contributed by atoms with Gasteiger partial charge in [-0.3, -0.25) is 4.79 Å². The van der Waals surface area contributed by atoms with Gasteiger partial charge in [-0.1, -0.05) is 23.2 Å². The molecule has 0 aliphatic carbocycles. The summed E-state index contributed by atoms with van der Waals surface area (Å²) in [5, 5.41) is 0.154. The summed E-state index contributed by atoms with van der Waals surface area (Å²) in [6.07, 6.45) is -7.26. The van der Waals surface area contributed by atoms with Crippen molar-refractivity contribution in [3.63, 3.8) is 0 Å². The molecule has 0 saturated heterocycles. The Kier molecular flexibility index (Phi) is 6.16. The number of aromatic nitrogens is 1. The summed E-state index contributed by atoms with van der Waals surface area (Å²) in [4.78, 5) is 20.1. The van der Waals surface area contributed by atoms with Crippen molar-refractivity contribution in [3.05, 3.63) is 62.9 Å². The molecule has 31 heavy (non-hydrogen) atoms. The average Bonchev–Trinajstić information content (AvgIpc) is 2.62. The third kappa shape index (κ3) is 4.90. The van der Waals surface area contributed by atoms with Gasteiger partial charge in [0.05, 0.1) is 15.6 Å². The number of hydrogen-bond acceptors (Lipinski definition) is 5. The summed E-state index contributed by atoms with van der Waals surface area (Å²) < 4.78 is 72.9. The molecule has 3 rings (SSSR count). The van der Waals surface area contributed by atoms with Crippen LogP contribution >= 0.6 is 23.2 Å². The number of Topliss-reactive ketones (excluding diaryl/α,β-unsaturated/α-hetero) is 1. The van der Waals surface area contributed by atoms with E-state index in [2.05, 4.69) is 14.7 Å². The zero-order valence-electron chi connectivity index (χ0n) is 15.7. The summed E-state index contributed by atoms with van der Waals surface area (Å²) in [5.41, 5.74) is 2.83. The van der Waals surface area contributed by atoms with E-state index in [1.807, 2.05) is 0 Å². The summed E-state index contributed by atoms with van der Waals surface area (Å²) in [6, 6.07) is 2.31. The molecule has 0 saturated carbocycles. The number of nitrogens with two attached hydrogens (primary N) is 1. The maximum Gasteiger partial charge on any atom is 0.425 e. The number of halogens is 7. The lowest BCUT2D eigenvalue weighted by molar-refractivity contribution is -0.208. The summed E-state index contributed by atoms with van der Waals surface area (Å²) >= 11 is 11.7. The number of ether oxygens (including phenoxy) is 1. The Morgan fingerprint density at radius 3 is 2.58 bits per heavy atom. The smallest absolute Gasteiger partial charge is 0.425 e. The predicted octanol–water partition coefficient (Wildman–Crippen LogP) is 4.97. The second kappa shape index (κ2) is 8.23.